The molecule has 0 spiro atoms. The molecule has 35 heavy (non-hydrogen) atoms. The van der Waals surface area contributed by atoms with Crippen molar-refractivity contribution in [2.24, 2.45) is 0 Å². The van der Waals surface area contributed by atoms with Crippen LogP contribution in [0, 0.1) is 0 Å². The van der Waals surface area contributed by atoms with Crippen molar-refractivity contribution in [1.82, 2.24) is 9.80 Å². The second-order valence-corrected chi connectivity index (χ2v) is 9.33. The van der Waals surface area contributed by atoms with Gasteiger partial charge in [-0.05, 0) is 55.9 Å². The highest BCUT2D eigenvalue weighted by Crippen LogP contribution is 2.40. The van der Waals surface area contributed by atoms with Gasteiger partial charge in [0.25, 0.3) is 5.91 Å². The predicted molar refractivity (Wildman–Crippen MR) is 138 cm³/mol. The number of halogens is 1. The number of furan rings is 1. The Labute approximate surface area is 213 Å². The summed E-state index contributed by atoms with van der Waals surface area (Å²) >= 11 is 3.48. The molecule has 184 valence electrons. The number of rotatable bonds is 10. The van der Waals surface area contributed by atoms with E-state index < -0.39 is 23.5 Å². The van der Waals surface area contributed by atoms with Crippen molar-refractivity contribution in [2.45, 2.75) is 26.3 Å². The molecule has 1 aromatic heterocycles. The van der Waals surface area contributed by atoms with Crippen LogP contribution in [0.3, 0.4) is 0 Å². The van der Waals surface area contributed by atoms with Gasteiger partial charge in [-0.25, -0.2) is 0 Å². The number of fused-ring (bicyclic) bond motifs is 1. The summed E-state index contributed by atoms with van der Waals surface area (Å²) < 4.78 is 12.0. The number of methoxy groups -OCH3 is 1. The first-order valence-electron chi connectivity index (χ1n) is 11.7. The minimum absolute atomic E-state index is 0.0222. The molecular formula is C27H29BrN2O5. The third-order valence-electron chi connectivity index (χ3n) is 6.43. The van der Waals surface area contributed by atoms with Crippen LogP contribution < -0.4 is 4.74 Å². The molecule has 1 N–H and O–H groups in total. The fourth-order valence-corrected chi connectivity index (χ4v) is 5.00. The number of carbonyl (C=O) groups excluding carboxylic acids is 2. The summed E-state index contributed by atoms with van der Waals surface area (Å²) in [6.45, 7) is 7.25. The summed E-state index contributed by atoms with van der Waals surface area (Å²) in [4.78, 5) is 30.8. The molecule has 1 amide bonds. The Balaban J connectivity index is 1.72. The van der Waals surface area contributed by atoms with E-state index >= 15 is 0 Å². The van der Waals surface area contributed by atoms with Crippen molar-refractivity contribution in [3.63, 3.8) is 0 Å². The highest BCUT2D eigenvalue weighted by atomic mass is 79.9. The average Bonchev–Trinajstić information content (AvgIpc) is 3.41. The Morgan fingerprint density at radius 1 is 1.17 bits per heavy atom. The molecular weight excluding hydrogens is 512 g/mol. The maximum atomic E-state index is 13.7. The van der Waals surface area contributed by atoms with Crippen molar-refractivity contribution in [1.29, 1.82) is 0 Å². The van der Waals surface area contributed by atoms with Crippen LogP contribution in [0.2, 0.25) is 0 Å². The number of para-hydroxylation sites is 1. The minimum atomic E-state index is -0.723. The smallest absolute Gasteiger partial charge is 0.290 e. The van der Waals surface area contributed by atoms with E-state index in [1.807, 2.05) is 36.4 Å². The highest BCUT2D eigenvalue weighted by molar-refractivity contribution is 9.10. The third-order valence-corrected chi connectivity index (χ3v) is 6.93. The molecule has 0 radical (unpaired) electrons. The summed E-state index contributed by atoms with van der Waals surface area (Å²) in [5, 5.41) is 11.6. The van der Waals surface area contributed by atoms with E-state index in [1.54, 1.807) is 17.0 Å². The molecule has 3 aromatic rings. The number of ketones is 1. The molecule has 0 fully saturated rings. The minimum Gasteiger partial charge on any atom is -0.503 e. The Bertz CT molecular complexity index is 1280. The molecule has 0 unspecified atom stereocenters. The maximum absolute atomic E-state index is 13.7. The van der Waals surface area contributed by atoms with E-state index in [1.165, 1.54) is 7.11 Å². The van der Waals surface area contributed by atoms with Crippen molar-refractivity contribution in [3.05, 3.63) is 75.7 Å². The van der Waals surface area contributed by atoms with Gasteiger partial charge in [0, 0.05) is 16.4 Å². The Morgan fingerprint density at radius 2 is 1.91 bits per heavy atom. The summed E-state index contributed by atoms with van der Waals surface area (Å²) in [7, 11) is 1.53. The lowest BCUT2D eigenvalue weighted by atomic mass is 9.95. The molecule has 0 bridgehead atoms. The second kappa shape index (κ2) is 10.7. The zero-order valence-electron chi connectivity index (χ0n) is 20.1. The van der Waals surface area contributed by atoms with Crippen LogP contribution in [-0.2, 0) is 4.79 Å². The predicted octanol–water partition coefficient (Wildman–Crippen LogP) is 5.51. The summed E-state index contributed by atoms with van der Waals surface area (Å²) in [6, 6.07) is 13.7. The van der Waals surface area contributed by atoms with Gasteiger partial charge in [-0.3, -0.25) is 9.59 Å². The molecule has 2 heterocycles. The van der Waals surface area contributed by atoms with Crippen LogP contribution in [0.4, 0.5) is 0 Å². The Kier molecular flexibility index (Phi) is 7.62. The first kappa shape index (κ1) is 25.0. The molecule has 0 aliphatic carbocycles. The summed E-state index contributed by atoms with van der Waals surface area (Å²) in [5.41, 5.74) is 1.20. The van der Waals surface area contributed by atoms with E-state index in [0.29, 0.717) is 29.7 Å². The van der Waals surface area contributed by atoms with Crippen molar-refractivity contribution >= 4 is 38.6 Å². The molecule has 0 saturated carbocycles. The average molecular weight is 541 g/mol. The number of benzene rings is 2. The number of carbonyl (C=O) groups is 2. The second-order valence-electron chi connectivity index (χ2n) is 8.42. The van der Waals surface area contributed by atoms with Crippen molar-refractivity contribution in [2.75, 3.05) is 33.3 Å². The fourth-order valence-electron chi connectivity index (χ4n) is 4.59. The largest absolute Gasteiger partial charge is 0.503 e. The molecule has 2 aromatic carbocycles. The van der Waals surface area contributed by atoms with Crippen molar-refractivity contribution < 1.29 is 23.8 Å². The SMILES string of the molecule is CCN(CC)CCCN1C(=O)C(O)=C(C(=O)c2cc3cccc(OC)c3o2)[C@H]1c1cccc(Br)c1. The van der Waals surface area contributed by atoms with E-state index in [0.717, 1.165) is 29.7 Å². The van der Waals surface area contributed by atoms with Gasteiger partial charge in [0.2, 0.25) is 5.78 Å². The molecule has 1 aliphatic rings. The monoisotopic (exact) mass is 540 g/mol. The number of ether oxygens (including phenoxy) is 1. The van der Waals surface area contributed by atoms with Gasteiger partial charge in [-0.15, -0.1) is 0 Å². The fraction of sp³-hybridized carbons (Fsp3) is 0.333. The van der Waals surface area contributed by atoms with Gasteiger partial charge in [-0.1, -0.05) is 54.0 Å². The first-order valence-corrected chi connectivity index (χ1v) is 12.5. The highest BCUT2D eigenvalue weighted by Gasteiger charge is 2.44. The van der Waals surface area contributed by atoms with Crippen LogP contribution >= 0.6 is 15.9 Å². The quantitative estimate of drug-likeness (QED) is 0.341. The molecule has 4 rings (SSSR count). The standard InChI is InChI=1S/C27H29BrN2O5/c1-4-29(5-2)13-8-14-30-23(17-9-6-11-19(28)15-17)22(25(32)27(30)33)24(31)21-16-18-10-7-12-20(34-3)26(18)35-21/h6-7,9-12,15-16,23,32H,4-5,8,13-14H2,1-3H3/t23-/m1/s1. The lowest BCUT2D eigenvalue weighted by molar-refractivity contribution is -0.129. The lowest BCUT2D eigenvalue weighted by Crippen LogP contribution is -2.34. The number of nitrogens with zero attached hydrogens (tertiary/aromatic N) is 2. The zero-order valence-corrected chi connectivity index (χ0v) is 21.7. The summed E-state index contributed by atoms with van der Waals surface area (Å²) in [6.07, 6.45) is 0.717. The number of hydrogen-bond donors (Lipinski definition) is 1. The van der Waals surface area contributed by atoms with Crippen LogP contribution in [0.1, 0.15) is 42.4 Å². The normalized spacial score (nSPS) is 16.1. The van der Waals surface area contributed by atoms with E-state index in [4.69, 9.17) is 9.15 Å². The Hall–Kier alpha value is -3.10. The van der Waals surface area contributed by atoms with Gasteiger partial charge < -0.3 is 24.1 Å². The molecule has 7 nitrogen and oxygen atoms in total. The molecule has 0 saturated heterocycles. The van der Waals surface area contributed by atoms with Crippen LogP contribution in [0.15, 0.2) is 68.8 Å². The maximum Gasteiger partial charge on any atom is 0.290 e. The van der Waals surface area contributed by atoms with E-state index in [-0.39, 0.29) is 11.3 Å². The summed E-state index contributed by atoms with van der Waals surface area (Å²) in [5.74, 6) is -1.06. The van der Waals surface area contributed by atoms with Crippen LogP contribution in [0.5, 0.6) is 5.75 Å². The van der Waals surface area contributed by atoms with Crippen molar-refractivity contribution in [3.8, 4) is 5.75 Å². The van der Waals surface area contributed by atoms with Gasteiger partial charge >= 0.3 is 0 Å². The zero-order chi connectivity index (χ0) is 25.1. The number of aliphatic hydroxyl groups is 1. The number of amides is 1. The van der Waals surface area contributed by atoms with Gasteiger partial charge in [0.15, 0.2) is 22.9 Å². The van der Waals surface area contributed by atoms with E-state index in [9.17, 15) is 14.7 Å². The van der Waals surface area contributed by atoms with Gasteiger partial charge in [-0.2, -0.15) is 0 Å². The Morgan fingerprint density at radius 3 is 2.60 bits per heavy atom. The van der Waals surface area contributed by atoms with Crippen LogP contribution in [-0.4, -0.2) is 59.9 Å². The number of Topliss-reactive ketones (excluding diaryl/α,β-unsaturated/α-hetero) is 1. The molecule has 1 aliphatic heterocycles. The van der Waals surface area contributed by atoms with Gasteiger partial charge in [0.1, 0.15) is 0 Å². The van der Waals surface area contributed by atoms with E-state index in [2.05, 4.69) is 34.7 Å². The topological polar surface area (TPSA) is 83.2 Å². The number of hydrogen-bond acceptors (Lipinski definition) is 6. The van der Waals surface area contributed by atoms with Crippen LogP contribution in [0.25, 0.3) is 11.0 Å². The first-order chi connectivity index (χ1) is 16.9. The third kappa shape index (κ3) is 4.86. The van der Waals surface area contributed by atoms with Gasteiger partial charge in [0.05, 0.1) is 18.7 Å². The lowest BCUT2D eigenvalue weighted by Gasteiger charge is -2.28. The number of aliphatic hydroxyl groups excluding tert-OH is 1. The molecule has 8 heteroatoms. The molecule has 1 atom stereocenters.